The van der Waals surface area contributed by atoms with Crippen molar-refractivity contribution < 1.29 is 9.53 Å². The number of rotatable bonds is 5. The van der Waals surface area contributed by atoms with Gasteiger partial charge in [-0.3, -0.25) is 4.72 Å². The van der Waals surface area contributed by atoms with Crippen molar-refractivity contribution in [2.24, 2.45) is 5.92 Å². The molecule has 6 heteroatoms. The Bertz CT molecular complexity index is 274. The predicted octanol–water partition coefficient (Wildman–Crippen LogP) is 2.05. The number of amides is 1. The summed E-state index contributed by atoms with van der Waals surface area (Å²) in [7, 11) is 1.92. The van der Waals surface area contributed by atoms with Crippen LogP contribution >= 0.6 is 11.9 Å². The van der Waals surface area contributed by atoms with Crippen LogP contribution in [-0.4, -0.2) is 49.2 Å². The van der Waals surface area contributed by atoms with Gasteiger partial charge in [0, 0.05) is 13.1 Å². The summed E-state index contributed by atoms with van der Waals surface area (Å²) in [5.41, 5.74) is -0.403. The van der Waals surface area contributed by atoms with Gasteiger partial charge in [-0.15, -0.1) is 0 Å². The first kappa shape index (κ1) is 16.6. The van der Waals surface area contributed by atoms with Crippen molar-refractivity contribution in [2.75, 3.05) is 32.6 Å². The molecule has 1 fully saturated rings. The molecular formula is C13H27N3O2S. The van der Waals surface area contributed by atoms with Gasteiger partial charge >= 0.3 is 6.09 Å². The van der Waals surface area contributed by atoms with E-state index in [2.05, 4.69) is 10.0 Å². The average Bonchev–Trinajstić information content (AvgIpc) is 2.33. The van der Waals surface area contributed by atoms with Gasteiger partial charge in [0.25, 0.3) is 0 Å². The fourth-order valence-electron chi connectivity index (χ4n) is 2.03. The second-order valence-electron chi connectivity index (χ2n) is 5.86. The van der Waals surface area contributed by atoms with Crippen molar-refractivity contribution in [3.8, 4) is 0 Å². The van der Waals surface area contributed by atoms with Crippen molar-refractivity contribution in [1.29, 1.82) is 0 Å². The van der Waals surface area contributed by atoms with E-state index in [0.717, 1.165) is 38.4 Å². The Morgan fingerprint density at radius 3 is 2.53 bits per heavy atom. The number of carbonyl (C=O) groups excluding carboxylic acids is 1. The zero-order valence-electron chi connectivity index (χ0n) is 12.5. The molecule has 0 saturated carbocycles. The van der Waals surface area contributed by atoms with E-state index >= 15 is 0 Å². The molecule has 1 heterocycles. The van der Waals surface area contributed by atoms with E-state index < -0.39 is 5.60 Å². The van der Waals surface area contributed by atoms with E-state index in [1.165, 1.54) is 0 Å². The lowest BCUT2D eigenvalue weighted by Gasteiger charge is -2.33. The van der Waals surface area contributed by atoms with Crippen LogP contribution in [0.4, 0.5) is 4.79 Å². The van der Waals surface area contributed by atoms with Gasteiger partial charge in [-0.25, -0.2) is 4.79 Å². The zero-order chi connectivity index (χ0) is 14.3. The highest BCUT2D eigenvalue weighted by molar-refractivity contribution is 7.97. The third kappa shape index (κ3) is 7.03. The number of hydrogen-bond donors (Lipinski definition) is 2. The minimum absolute atomic E-state index is 0.176. The second-order valence-corrected chi connectivity index (χ2v) is 6.84. The summed E-state index contributed by atoms with van der Waals surface area (Å²) in [4.78, 5) is 13.7. The summed E-state index contributed by atoms with van der Waals surface area (Å²) >= 11 is 1.66. The SMILES string of the molecule is CNSCNCC1CCN(C(=O)OC(C)(C)C)CC1. The summed E-state index contributed by atoms with van der Waals surface area (Å²) in [6, 6.07) is 0. The van der Waals surface area contributed by atoms with E-state index in [1.807, 2.05) is 32.7 Å². The maximum absolute atomic E-state index is 11.9. The first-order valence-corrected chi connectivity index (χ1v) is 7.88. The lowest BCUT2D eigenvalue weighted by Crippen LogP contribution is -2.43. The van der Waals surface area contributed by atoms with Crippen molar-refractivity contribution in [2.45, 2.75) is 39.2 Å². The molecule has 0 unspecified atom stereocenters. The molecular weight excluding hydrogens is 262 g/mol. The Labute approximate surface area is 121 Å². The Hall–Kier alpha value is -0.460. The number of piperidine rings is 1. The molecule has 5 nitrogen and oxygen atoms in total. The number of hydrogen-bond acceptors (Lipinski definition) is 5. The molecule has 0 aliphatic carbocycles. The Morgan fingerprint density at radius 2 is 2.00 bits per heavy atom. The lowest BCUT2D eigenvalue weighted by molar-refractivity contribution is 0.0184. The number of likely N-dealkylation sites (tertiary alicyclic amines) is 1. The standard InChI is InChI=1S/C13H27N3O2S/c1-13(2,3)18-12(17)16-7-5-11(6-8-16)9-15-10-19-14-4/h11,14-15H,5-10H2,1-4H3. The van der Waals surface area contributed by atoms with E-state index in [-0.39, 0.29) is 6.09 Å². The van der Waals surface area contributed by atoms with Gasteiger partial charge in [0.1, 0.15) is 5.60 Å². The molecule has 0 radical (unpaired) electrons. The molecule has 1 aliphatic heterocycles. The minimum atomic E-state index is -0.403. The van der Waals surface area contributed by atoms with Crippen molar-refractivity contribution >= 4 is 18.0 Å². The lowest BCUT2D eigenvalue weighted by atomic mass is 9.97. The van der Waals surface area contributed by atoms with Crippen LogP contribution in [0.3, 0.4) is 0 Å². The highest BCUT2D eigenvalue weighted by Gasteiger charge is 2.26. The monoisotopic (exact) mass is 289 g/mol. The highest BCUT2D eigenvalue weighted by atomic mass is 32.2. The van der Waals surface area contributed by atoms with Gasteiger partial charge in [-0.2, -0.15) is 0 Å². The third-order valence-corrected chi connectivity index (χ3v) is 3.65. The highest BCUT2D eigenvalue weighted by Crippen LogP contribution is 2.19. The molecule has 2 N–H and O–H groups in total. The number of nitrogens with zero attached hydrogens (tertiary/aromatic N) is 1. The predicted molar refractivity (Wildman–Crippen MR) is 80.1 cm³/mol. The summed E-state index contributed by atoms with van der Waals surface area (Å²) in [6.07, 6.45) is 1.93. The number of ether oxygens (including phenoxy) is 1. The summed E-state index contributed by atoms with van der Waals surface area (Å²) in [5, 5.41) is 3.40. The van der Waals surface area contributed by atoms with Crippen LogP contribution in [0.15, 0.2) is 0 Å². The van der Waals surface area contributed by atoms with Crippen LogP contribution in [0.5, 0.6) is 0 Å². The largest absolute Gasteiger partial charge is 0.444 e. The molecule has 1 rings (SSSR count). The second kappa shape index (κ2) is 7.97. The van der Waals surface area contributed by atoms with Gasteiger partial charge in [0.15, 0.2) is 0 Å². The number of nitrogens with one attached hydrogen (secondary N) is 2. The van der Waals surface area contributed by atoms with Crippen LogP contribution < -0.4 is 10.0 Å². The first-order valence-electron chi connectivity index (χ1n) is 6.89. The first-order chi connectivity index (χ1) is 8.92. The fraction of sp³-hybridized carbons (Fsp3) is 0.923. The van der Waals surface area contributed by atoms with Crippen LogP contribution in [-0.2, 0) is 4.74 Å². The molecule has 1 aliphatic rings. The minimum Gasteiger partial charge on any atom is -0.444 e. The molecule has 0 spiro atoms. The summed E-state index contributed by atoms with van der Waals surface area (Å²) < 4.78 is 8.42. The average molecular weight is 289 g/mol. The molecule has 1 saturated heterocycles. The van der Waals surface area contributed by atoms with Crippen LogP contribution in [0, 0.1) is 5.92 Å². The van der Waals surface area contributed by atoms with E-state index in [9.17, 15) is 4.79 Å². The van der Waals surface area contributed by atoms with Gasteiger partial charge in [0.2, 0.25) is 0 Å². The molecule has 0 aromatic heterocycles. The van der Waals surface area contributed by atoms with E-state index in [4.69, 9.17) is 4.74 Å². The Morgan fingerprint density at radius 1 is 1.37 bits per heavy atom. The van der Waals surface area contributed by atoms with Crippen LogP contribution in [0.1, 0.15) is 33.6 Å². The van der Waals surface area contributed by atoms with E-state index in [0.29, 0.717) is 5.92 Å². The van der Waals surface area contributed by atoms with Crippen LogP contribution in [0.25, 0.3) is 0 Å². The van der Waals surface area contributed by atoms with Gasteiger partial charge in [-0.05, 0) is 53.1 Å². The zero-order valence-corrected chi connectivity index (χ0v) is 13.3. The van der Waals surface area contributed by atoms with E-state index in [1.54, 1.807) is 11.9 Å². The van der Waals surface area contributed by atoms with Crippen LogP contribution in [0.2, 0.25) is 0 Å². The molecule has 0 bridgehead atoms. The maximum Gasteiger partial charge on any atom is 0.410 e. The maximum atomic E-state index is 11.9. The van der Waals surface area contributed by atoms with Gasteiger partial charge in [0.05, 0.1) is 5.88 Å². The summed E-state index contributed by atoms with van der Waals surface area (Å²) in [6.45, 7) is 8.35. The summed E-state index contributed by atoms with van der Waals surface area (Å²) in [5.74, 6) is 1.58. The van der Waals surface area contributed by atoms with Gasteiger partial charge in [-0.1, -0.05) is 11.9 Å². The van der Waals surface area contributed by atoms with Gasteiger partial charge < -0.3 is 15.0 Å². The topological polar surface area (TPSA) is 53.6 Å². The smallest absolute Gasteiger partial charge is 0.410 e. The molecule has 0 aromatic rings. The van der Waals surface area contributed by atoms with Crippen molar-refractivity contribution in [3.05, 3.63) is 0 Å². The van der Waals surface area contributed by atoms with Crippen molar-refractivity contribution in [1.82, 2.24) is 14.9 Å². The molecule has 0 aromatic carbocycles. The molecule has 0 atom stereocenters. The van der Waals surface area contributed by atoms with Crippen molar-refractivity contribution in [3.63, 3.8) is 0 Å². The molecule has 19 heavy (non-hydrogen) atoms. The Kier molecular flexibility index (Phi) is 6.96. The third-order valence-electron chi connectivity index (χ3n) is 3.02. The number of carbonyl (C=O) groups is 1. The Balaban J connectivity index is 2.19. The fourth-order valence-corrected chi connectivity index (χ4v) is 2.40. The quantitative estimate of drug-likeness (QED) is 0.461. The normalized spacial score (nSPS) is 17.6. The molecule has 1 amide bonds. The molecule has 112 valence electrons.